The second-order valence-electron chi connectivity index (χ2n) is 5.16. The number of thiocarbonyl (C=S) groups is 1. The van der Waals surface area contributed by atoms with E-state index in [1.807, 2.05) is 10.9 Å². The Morgan fingerprint density at radius 1 is 1.44 bits per heavy atom. The van der Waals surface area contributed by atoms with Crippen LogP contribution in [0.4, 0.5) is 0 Å². The minimum Gasteiger partial charge on any atom is -0.393 e. The van der Waals surface area contributed by atoms with Gasteiger partial charge in [0.05, 0.1) is 10.7 Å². The van der Waals surface area contributed by atoms with Crippen molar-refractivity contribution < 1.29 is 0 Å². The van der Waals surface area contributed by atoms with Crippen LogP contribution in [0, 0.1) is 0 Å². The van der Waals surface area contributed by atoms with Crippen molar-refractivity contribution in [2.75, 3.05) is 6.54 Å². The largest absolute Gasteiger partial charge is 0.393 e. The van der Waals surface area contributed by atoms with Crippen molar-refractivity contribution in [2.24, 2.45) is 5.73 Å². The quantitative estimate of drug-likeness (QED) is 0.771. The van der Waals surface area contributed by atoms with Crippen LogP contribution in [0.1, 0.15) is 45.9 Å². The number of nitrogens with zero attached hydrogens (tertiary/aromatic N) is 3. The summed E-state index contributed by atoms with van der Waals surface area (Å²) in [4.78, 5) is 2.92. The van der Waals surface area contributed by atoms with Crippen LogP contribution in [0.25, 0.3) is 0 Å². The third-order valence-corrected chi connectivity index (χ3v) is 3.14. The van der Waals surface area contributed by atoms with E-state index in [0.717, 1.165) is 25.2 Å². The zero-order valence-corrected chi connectivity index (χ0v) is 12.6. The van der Waals surface area contributed by atoms with Crippen LogP contribution in [0.3, 0.4) is 0 Å². The summed E-state index contributed by atoms with van der Waals surface area (Å²) in [5, 5.41) is 4.57. The highest BCUT2D eigenvalue weighted by Crippen LogP contribution is 2.09. The molecule has 1 aromatic rings. The lowest BCUT2D eigenvalue weighted by atomic mass is 10.2. The highest BCUT2D eigenvalue weighted by atomic mass is 32.1. The Morgan fingerprint density at radius 3 is 2.56 bits per heavy atom. The fourth-order valence-electron chi connectivity index (χ4n) is 1.73. The van der Waals surface area contributed by atoms with Crippen LogP contribution in [-0.4, -0.2) is 32.3 Å². The standard InChI is InChI=1S/C13H24N4S/c1-10(2)16(7-6-13(14)18)9-12-5-8-17(15-12)11(3)4/h5,8,10-11H,6-7,9H2,1-4H3,(H2,14,18). The summed E-state index contributed by atoms with van der Waals surface area (Å²) >= 11 is 4.93. The molecule has 0 atom stereocenters. The summed E-state index contributed by atoms with van der Waals surface area (Å²) in [6, 6.07) is 2.95. The van der Waals surface area contributed by atoms with Gasteiger partial charge in [-0.25, -0.2) is 0 Å². The number of rotatable bonds is 7. The van der Waals surface area contributed by atoms with Crippen molar-refractivity contribution in [3.8, 4) is 0 Å². The van der Waals surface area contributed by atoms with Crippen LogP contribution in [0.5, 0.6) is 0 Å². The van der Waals surface area contributed by atoms with Gasteiger partial charge in [0.15, 0.2) is 0 Å². The molecule has 0 fully saturated rings. The molecule has 0 aliphatic carbocycles. The van der Waals surface area contributed by atoms with Gasteiger partial charge in [0.1, 0.15) is 0 Å². The lowest BCUT2D eigenvalue weighted by Crippen LogP contribution is -2.33. The third kappa shape index (κ3) is 4.74. The molecule has 0 radical (unpaired) electrons. The predicted octanol–water partition coefficient (Wildman–Crippen LogP) is 2.35. The Balaban J connectivity index is 2.61. The average molecular weight is 268 g/mol. The monoisotopic (exact) mass is 268 g/mol. The van der Waals surface area contributed by atoms with Crippen LogP contribution in [0.15, 0.2) is 12.3 Å². The summed E-state index contributed by atoms with van der Waals surface area (Å²) in [6.45, 7) is 10.4. The highest BCUT2D eigenvalue weighted by molar-refractivity contribution is 7.80. The van der Waals surface area contributed by atoms with Gasteiger partial charge in [-0.1, -0.05) is 12.2 Å². The fourth-order valence-corrected chi connectivity index (χ4v) is 1.82. The molecule has 0 spiro atoms. The Morgan fingerprint density at radius 2 is 2.11 bits per heavy atom. The van der Waals surface area contributed by atoms with Crippen molar-refractivity contribution in [1.29, 1.82) is 0 Å². The van der Waals surface area contributed by atoms with Gasteiger partial charge in [-0.05, 0) is 33.8 Å². The van der Waals surface area contributed by atoms with Gasteiger partial charge >= 0.3 is 0 Å². The number of nitrogens with two attached hydrogens (primary N) is 1. The molecule has 0 unspecified atom stereocenters. The maximum Gasteiger partial charge on any atom is 0.0764 e. The van der Waals surface area contributed by atoms with Gasteiger partial charge in [-0.15, -0.1) is 0 Å². The van der Waals surface area contributed by atoms with Crippen molar-refractivity contribution in [1.82, 2.24) is 14.7 Å². The first kappa shape index (κ1) is 15.1. The minimum atomic E-state index is 0.405. The van der Waals surface area contributed by atoms with E-state index < -0.39 is 0 Å². The Bertz CT molecular complexity index is 384. The molecule has 0 aromatic carbocycles. The molecule has 1 aromatic heterocycles. The summed E-state index contributed by atoms with van der Waals surface area (Å²) in [5.41, 5.74) is 6.66. The lowest BCUT2D eigenvalue weighted by molar-refractivity contribution is 0.216. The highest BCUT2D eigenvalue weighted by Gasteiger charge is 2.12. The Hall–Kier alpha value is -0.940. The van der Waals surface area contributed by atoms with Crippen molar-refractivity contribution in [3.05, 3.63) is 18.0 Å². The van der Waals surface area contributed by atoms with Gasteiger partial charge < -0.3 is 5.73 Å². The molecular formula is C13H24N4S. The summed E-state index contributed by atoms with van der Waals surface area (Å²) in [5.74, 6) is 0. The van der Waals surface area contributed by atoms with E-state index in [9.17, 15) is 0 Å². The molecule has 1 heterocycles. The van der Waals surface area contributed by atoms with Gasteiger partial charge in [-0.3, -0.25) is 9.58 Å². The first-order chi connectivity index (χ1) is 8.40. The van der Waals surface area contributed by atoms with Gasteiger partial charge in [0, 0.05) is 37.8 Å². The minimum absolute atomic E-state index is 0.405. The number of hydrogen-bond acceptors (Lipinski definition) is 3. The normalized spacial score (nSPS) is 11.7. The smallest absolute Gasteiger partial charge is 0.0764 e. The predicted molar refractivity (Wildman–Crippen MR) is 79.6 cm³/mol. The van der Waals surface area contributed by atoms with Crippen LogP contribution in [0.2, 0.25) is 0 Å². The molecule has 0 aliphatic heterocycles. The van der Waals surface area contributed by atoms with E-state index in [0.29, 0.717) is 17.1 Å². The van der Waals surface area contributed by atoms with Crippen LogP contribution in [-0.2, 0) is 6.54 Å². The molecule has 0 aliphatic rings. The molecule has 0 saturated carbocycles. The molecule has 18 heavy (non-hydrogen) atoms. The molecule has 0 bridgehead atoms. The molecule has 5 heteroatoms. The van der Waals surface area contributed by atoms with Crippen molar-refractivity contribution >= 4 is 17.2 Å². The van der Waals surface area contributed by atoms with Crippen molar-refractivity contribution in [2.45, 2.75) is 52.7 Å². The fraction of sp³-hybridized carbons (Fsp3) is 0.692. The first-order valence-corrected chi connectivity index (χ1v) is 6.87. The van der Waals surface area contributed by atoms with Gasteiger partial charge in [-0.2, -0.15) is 5.10 Å². The molecule has 2 N–H and O–H groups in total. The summed E-state index contributed by atoms with van der Waals surface area (Å²) in [6.07, 6.45) is 2.80. The van der Waals surface area contributed by atoms with E-state index in [2.05, 4.69) is 43.8 Å². The van der Waals surface area contributed by atoms with Crippen LogP contribution >= 0.6 is 12.2 Å². The Labute approximate surface area is 115 Å². The maximum atomic E-state index is 5.56. The Kier molecular flexibility index (Phi) is 5.75. The topological polar surface area (TPSA) is 47.1 Å². The first-order valence-electron chi connectivity index (χ1n) is 6.46. The molecule has 4 nitrogen and oxygen atoms in total. The van der Waals surface area contributed by atoms with E-state index in [1.54, 1.807) is 0 Å². The van der Waals surface area contributed by atoms with Crippen LogP contribution < -0.4 is 5.73 Å². The van der Waals surface area contributed by atoms with Gasteiger partial charge in [0.2, 0.25) is 0 Å². The lowest BCUT2D eigenvalue weighted by Gasteiger charge is -2.25. The molecule has 102 valence electrons. The molecular weight excluding hydrogens is 244 g/mol. The molecule has 1 rings (SSSR count). The van der Waals surface area contributed by atoms with E-state index in [1.165, 1.54) is 0 Å². The summed E-state index contributed by atoms with van der Waals surface area (Å²) < 4.78 is 1.99. The van der Waals surface area contributed by atoms with E-state index in [4.69, 9.17) is 18.0 Å². The van der Waals surface area contributed by atoms with E-state index >= 15 is 0 Å². The number of hydrogen-bond donors (Lipinski definition) is 1. The zero-order chi connectivity index (χ0) is 13.7. The number of aromatic nitrogens is 2. The second-order valence-corrected chi connectivity index (χ2v) is 5.69. The maximum absolute atomic E-state index is 5.56. The molecule has 0 saturated heterocycles. The van der Waals surface area contributed by atoms with E-state index in [-0.39, 0.29) is 0 Å². The SMILES string of the molecule is CC(C)N(CCC(N)=S)Cc1ccn(C(C)C)n1. The van der Waals surface area contributed by atoms with Crippen molar-refractivity contribution in [3.63, 3.8) is 0 Å². The average Bonchev–Trinajstić information content (AvgIpc) is 2.71. The summed E-state index contributed by atoms with van der Waals surface area (Å²) in [7, 11) is 0. The molecule has 0 amide bonds. The third-order valence-electron chi connectivity index (χ3n) is 2.93. The second kappa shape index (κ2) is 6.85. The zero-order valence-electron chi connectivity index (χ0n) is 11.8. The van der Waals surface area contributed by atoms with Gasteiger partial charge in [0.25, 0.3) is 0 Å².